The average Bonchev–Trinajstić information content (AvgIpc) is 2.66. The van der Waals surface area contributed by atoms with Crippen molar-refractivity contribution in [1.82, 2.24) is 14.7 Å². The van der Waals surface area contributed by atoms with E-state index < -0.39 is 0 Å². The Morgan fingerprint density at radius 3 is 2.69 bits per heavy atom. The predicted octanol–water partition coefficient (Wildman–Crippen LogP) is 2.45. The van der Waals surface area contributed by atoms with Gasteiger partial charge in [0, 0.05) is 24.5 Å². The summed E-state index contributed by atoms with van der Waals surface area (Å²) < 4.78 is 6.80. The number of benzene rings is 2. The molecule has 0 unspecified atom stereocenters. The number of amides is 1. The standard InChI is InChI=1S/C20H21N3O3/c1-3-26-18-11-7-5-9-16(18)13-22(2)19(24)14-23-20(25)17-10-6-4-8-15(17)12-21-23/h4-12H,3,13-14H2,1-2H3. The first-order valence-electron chi connectivity index (χ1n) is 8.49. The van der Waals surface area contributed by atoms with E-state index in [4.69, 9.17) is 4.74 Å². The third-order valence-corrected chi connectivity index (χ3v) is 4.15. The van der Waals surface area contributed by atoms with Crippen molar-refractivity contribution in [2.45, 2.75) is 20.0 Å². The van der Waals surface area contributed by atoms with Crippen molar-refractivity contribution in [1.29, 1.82) is 0 Å². The molecule has 3 aromatic rings. The zero-order chi connectivity index (χ0) is 18.5. The van der Waals surface area contributed by atoms with E-state index in [-0.39, 0.29) is 18.0 Å². The third kappa shape index (κ3) is 3.74. The van der Waals surface area contributed by atoms with E-state index in [1.807, 2.05) is 43.3 Å². The molecule has 6 heteroatoms. The van der Waals surface area contributed by atoms with Crippen LogP contribution in [0.25, 0.3) is 10.8 Å². The van der Waals surface area contributed by atoms with Crippen molar-refractivity contribution in [3.05, 3.63) is 70.6 Å². The second kappa shape index (κ2) is 7.82. The Bertz CT molecular complexity index is 981. The zero-order valence-corrected chi connectivity index (χ0v) is 14.9. The van der Waals surface area contributed by atoms with Gasteiger partial charge in [-0.1, -0.05) is 36.4 Å². The molecular weight excluding hydrogens is 330 g/mol. The molecule has 0 aliphatic heterocycles. The summed E-state index contributed by atoms with van der Waals surface area (Å²) in [6, 6.07) is 14.8. The maximum Gasteiger partial charge on any atom is 0.275 e. The van der Waals surface area contributed by atoms with Crippen LogP contribution in [0, 0.1) is 0 Å². The number of hydrogen-bond acceptors (Lipinski definition) is 4. The van der Waals surface area contributed by atoms with Crippen LogP contribution < -0.4 is 10.3 Å². The van der Waals surface area contributed by atoms with E-state index in [1.54, 1.807) is 30.3 Å². The summed E-state index contributed by atoms with van der Waals surface area (Å²) in [6.45, 7) is 2.78. The van der Waals surface area contributed by atoms with Crippen LogP contribution in [-0.4, -0.2) is 34.2 Å². The molecule has 0 N–H and O–H groups in total. The molecule has 0 spiro atoms. The lowest BCUT2D eigenvalue weighted by atomic mass is 10.2. The van der Waals surface area contributed by atoms with Gasteiger partial charge in [-0.2, -0.15) is 5.10 Å². The summed E-state index contributed by atoms with van der Waals surface area (Å²) in [5.41, 5.74) is 0.656. The van der Waals surface area contributed by atoms with Crippen molar-refractivity contribution in [3.8, 4) is 5.75 Å². The Kier molecular flexibility index (Phi) is 5.31. The normalized spacial score (nSPS) is 10.7. The first-order valence-corrected chi connectivity index (χ1v) is 8.49. The minimum absolute atomic E-state index is 0.100. The van der Waals surface area contributed by atoms with E-state index in [2.05, 4.69) is 5.10 Å². The Morgan fingerprint density at radius 1 is 1.15 bits per heavy atom. The highest BCUT2D eigenvalue weighted by Crippen LogP contribution is 2.19. The van der Waals surface area contributed by atoms with Crippen LogP contribution in [0.4, 0.5) is 0 Å². The number of ether oxygens (including phenoxy) is 1. The number of carbonyl (C=O) groups is 1. The number of nitrogens with zero attached hydrogens (tertiary/aromatic N) is 3. The molecule has 6 nitrogen and oxygen atoms in total. The molecule has 1 amide bonds. The van der Waals surface area contributed by atoms with Gasteiger partial charge in [0.05, 0.1) is 18.2 Å². The maximum absolute atomic E-state index is 12.6. The van der Waals surface area contributed by atoms with Crippen LogP contribution >= 0.6 is 0 Å². The van der Waals surface area contributed by atoms with Gasteiger partial charge < -0.3 is 9.64 Å². The Balaban J connectivity index is 1.76. The number of likely N-dealkylation sites (N-methyl/N-ethyl adjacent to an activating group) is 1. The van der Waals surface area contributed by atoms with E-state index >= 15 is 0 Å². The van der Waals surface area contributed by atoms with E-state index in [0.29, 0.717) is 18.5 Å². The van der Waals surface area contributed by atoms with E-state index in [1.165, 1.54) is 4.68 Å². The van der Waals surface area contributed by atoms with Gasteiger partial charge in [0.15, 0.2) is 0 Å². The smallest absolute Gasteiger partial charge is 0.275 e. The lowest BCUT2D eigenvalue weighted by molar-refractivity contribution is -0.131. The second-order valence-electron chi connectivity index (χ2n) is 5.99. The minimum atomic E-state index is -0.264. The van der Waals surface area contributed by atoms with Gasteiger partial charge in [-0.05, 0) is 19.1 Å². The molecule has 1 aromatic heterocycles. The highest BCUT2D eigenvalue weighted by molar-refractivity contribution is 5.81. The van der Waals surface area contributed by atoms with Gasteiger partial charge in [-0.15, -0.1) is 0 Å². The monoisotopic (exact) mass is 351 g/mol. The van der Waals surface area contributed by atoms with E-state index in [9.17, 15) is 9.59 Å². The van der Waals surface area contributed by atoms with Crippen LogP contribution in [0.1, 0.15) is 12.5 Å². The Labute approximate surface area is 151 Å². The minimum Gasteiger partial charge on any atom is -0.494 e. The molecule has 3 rings (SSSR count). The molecule has 0 saturated heterocycles. The lowest BCUT2D eigenvalue weighted by Gasteiger charge is -2.19. The molecule has 0 bridgehead atoms. The summed E-state index contributed by atoms with van der Waals surface area (Å²) in [5.74, 6) is 0.567. The van der Waals surface area contributed by atoms with Crippen molar-refractivity contribution >= 4 is 16.7 Å². The van der Waals surface area contributed by atoms with Crippen molar-refractivity contribution in [3.63, 3.8) is 0 Å². The molecule has 0 radical (unpaired) electrons. The fourth-order valence-electron chi connectivity index (χ4n) is 2.76. The summed E-state index contributed by atoms with van der Waals surface area (Å²) >= 11 is 0. The number of carbonyl (C=O) groups excluding carboxylic acids is 1. The van der Waals surface area contributed by atoms with Crippen molar-refractivity contribution < 1.29 is 9.53 Å². The van der Waals surface area contributed by atoms with Gasteiger partial charge >= 0.3 is 0 Å². The lowest BCUT2D eigenvalue weighted by Crippen LogP contribution is -2.34. The average molecular weight is 351 g/mol. The van der Waals surface area contributed by atoms with Gasteiger partial charge in [-0.3, -0.25) is 9.59 Å². The summed E-state index contributed by atoms with van der Waals surface area (Å²) in [5, 5.41) is 5.43. The van der Waals surface area contributed by atoms with E-state index in [0.717, 1.165) is 16.7 Å². The van der Waals surface area contributed by atoms with Gasteiger partial charge in [0.2, 0.25) is 5.91 Å². The first kappa shape index (κ1) is 17.7. The summed E-state index contributed by atoms with van der Waals surface area (Å²) in [7, 11) is 1.71. The quantitative estimate of drug-likeness (QED) is 0.684. The molecule has 2 aromatic carbocycles. The molecule has 0 aliphatic rings. The Hall–Kier alpha value is -3.15. The number of aromatic nitrogens is 2. The number of para-hydroxylation sites is 1. The Morgan fingerprint density at radius 2 is 1.88 bits per heavy atom. The summed E-state index contributed by atoms with van der Waals surface area (Å²) in [6.07, 6.45) is 1.61. The molecular formula is C20H21N3O3. The molecule has 0 aliphatic carbocycles. The number of fused-ring (bicyclic) bond motifs is 1. The highest BCUT2D eigenvalue weighted by atomic mass is 16.5. The highest BCUT2D eigenvalue weighted by Gasteiger charge is 2.14. The SMILES string of the molecule is CCOc1ccccc1CN(C)C(=O)Cn1ncc2ccccc2c1=O. The topological polar surface area (TPSA) is 64.4 Å². The second-order valence-corrected chi connectivity index (χ2v) is 5.99. The molecule has 0 saturated carbocycles. The fourth-order valence-corrected chi connectivity index (χ4v) is 2.76. The molecule has 1 heterocycles. The number of rotatable bonds is 6. The van der Waals surface area contributed by atoms with Crippen LogP contribution in [-0.2, 0) is 17.9 Å². The van der Waals surface area contributed by atoms with Crippen LogP contribution in [0.3, 0.4) is 0 Å². The first-order chi connectivity index (χ1) is 12.6. The molecule has 134 valence electrons. The van der Waals surface area contributed by atoms with Crippen molar-refractivity contribution in [2.75, 3.05) is 13.7 Å². The predicted molar refractivity (Wildman–Crippen MR) is 100 cm³/mol. The van der Waals surface area contributed by atoms with Gasteiger partial charge in [0.25, 0.3) is 5.56 Å². The van der Waals surface area contributed by atoms with Crippen LogP contribution in [0.2, 0.25) is 0 Å². The van der Waals surface area contributed by atoms with Gasteiger partial charge in [0.1, 0.15) is 12.3 Å². The third-order valence-electron chi connectivity index (χ3n) is 4.15. The molecule has 0 atom stereocenters. The zero-order valence-electron chi connectivity index (χ0n) is 14.9. The fraction of sp³-hybridized carbons (Fsp3) is 0.250. The number of hydrogen-bond donors (Lipinski definition) is 0. The molecule has 0 fully saturated rings. The van der Waals surface area contributed by atoms with Crippen LogP contribution in [0.15, 0.2) is 59.5 Å². The maximum atomic E-state index is 12.6. The molecule has 26 heavy (non-hydrogen) atoms. The summed E-state index contributed by atoms with van der Waals surface area (Å²) in [4.78, 5) is 26.6. The van der Waals surface area contributed by atoms with Crippen LogP contribution in [0.5, 0.6) is 5.75 Å². The van der Waals surface area contributed by atoms with Crippen molar-refractivity contribution in [2.24, 2.45) is 0 Å². The largest absolute Gasteiger partial charge is 0.494 e. The van der Waals surface area contributed by atoms with Gasteiger partial charge in [-0.25, -0.2) is 4.68 Å².